The molecule has 100 valence electrons. The minimum absolute atomic E-state index is 0.0138. The van der Waals surface area contributed by atoms with Gasteiger partial charge in [0, 0.05) is 11.1 Å². The van der Waals surface area contributed by atoms with E-state index in [0.717, 1.165) is 17.0 Å². The lowest BCUT2D eigenvalue weighted by Crippen LogP contribution is -2.15. The van der Waals surface area contributed by atoms with E-state index in [0.29, 0.717) is 0 Å². The minimum Gasteiger partial charge on any atom is -0.324 e. The van der Waals surface area contributed by atoms with Crippen molar-refractivity contribution in [2.45, 2.75) is 33.2 Å². The zero-order valence-electron chi connectivity index (χ0n) is 11.7. The van der Waals surface area contributed by atoms with E-state index >= 15 is 0 Å². The molecular formula is C17H20ClN. The highest BCUT2D eigenvalue weighted by atomic mass is 35.5. The molecule has 19 heavy (non-hydrogen) atoms. The van der Waals surface area contributed by atoms with Crippen molar-refractivity contribution in [3.63, 3.8) is 0 Å². The third-order valence-electron chi connectivity index (χ3n) is 3.48. The van der Waals surface area contributed by atoms with Crippen molar-refractivity contribution in [2.75, 3.05) is 0 Å². The number of hydrogen-bond donors (Lipinski definition) is 1. The van der Waals surface area contributed by atoms with Crippen molar-refractivity contribution in [3.05, 3.63) is 69.2 Å². The number of nitrogens with two attached hydrogens (primary N) is 1. The summed E-state index contributed by atoms with van der Waals surface area (Å²) in [5.41, 5.74) is 12.3. The Morgan fingerprint density at radius 3 is 2.32 bits per heavy atom. The first-order chi connectivity index (χ1) is 8.97. The van der Waals surface area contributed by atoms with E-state index in [1.807, 2.05) is 13.0 Å². The van der Waals surface area contributed by atoms with Crippen LogP contribution >= 0.6 is 11.6 Å². The van der Waals surface area contributed by atoms with Gasteiger partial charge in [-0.3, -0.25) is 0 Å². The van der Waals surface area contributed by atoms with Gasteiger partial charge < -0.3 is 5.73 Å². The van der Waals surface area contributed by atoms with Crippen molar-refractivity contribution in [3.8, 4) is 0 Å². The summed E-state index contributed by atoms with van der Waals surface area (Å²) < 4.78 is 0. The highest BCUT2D eigenvalue weighted by molar-refractivity contribution is 6.31. The molecule has 0 fully saturated rings. The molecule has 0 saturated heterocycles. The summed E-state index contributed by atoms with van der Waals surface area (Å²) in [5, 5.41) is 0.806. The van der Waals surface area contributed by atoms with Gasteiger partial charge >= 0.3 is 0 Å². The zero-order chi connectivity index (χ0) is 14.0. The third-order valence-corrected chi connectivity index (χ3v) is 3.83. The fourth-order valence-electron chi connectivity index (χ4n) is 2.32. The molecule has 0 aliphatic rings. The smallest absolute Gasteiger partial charge is 0.0441 e. The number of rotatable bonds is 3. The average molecular weight is 274 g/mol. The Morgan fingerprint density at radius 1 is 1.00 bits per heavy atom. The summed E-state index contributed by atoms with van der Waals surface area (Å²) in [6.45, 7) is 6.24. The molecule has 0 heterocycles. The Balaban J connectivity index is 2.25. The molecule has 0 aliphatic carbocycles. The molecule has 1 unspecified atom stereocenters. The SMILES string of the molecule is Cc1ccc(CC(N)c2cc(C)ccc2C)c(Cl)c1. The molecule has 0 aliphatic heterocycles. The lowest BCUT2D eigenvalue weighted by Gasteiger charge is -2.16. The predicted molar refractivity (Wildman–Crippen MR) is 82.7 cm³/mol. The van der Waals surface area contributed by atoms with Crippen LogP contribution in [0.1, 0.15) is 33.9 Å². The van der Waals surface area contributed by atoms with Crippen LogP contribution in [-0.4, -0.2) is 0 Å². The number of halogens is 1. The molecule has 0 saturated carbocycles. The van der Waals surface area contributed by atoms with Crippen molar-refractivity contribution < 1.29 is 0 Å². The topological polar surface area (TPSA) is 26.0 Å². The standard InChI is InChI=1S/C17H20ClN/c1-11-4-6-13(3)15(8-11)17(19)10-14-7-5-12(2)9-16(14)18/h4-9,17H,10,19H2,1-3H3. The van der Waals surface area contributed by atoms with Crippen LogP contribution in [0, 0.1) is 20.8 Å². The Labute approximate surface area is 120 Å². The van der Waals surface area contributed by atoms with Crippen molar-refractivity contribution in [1.29, 1.82) is 0 Å². The van der Waals surface area contributed by atoms with Crippen molar-refractivity contribution in [2.24, 2.45) is 5.73 Å². The van der Waals surface area contributed by atoms with Gasteiger partial charge in [0.2, 0.25) is 0 Å². The quantitative estimate of drug-likeness (QED) is 0.875. The number of benzene rings is 2. The lowest BCUT2D eigenvalue weighted by molar-refractivity contribution is 0.716. The molecule has 0 radical (unpaired) electrons. The Bertz CT molecular complexity index is 590. The maximum atomic E-state index is 6.35. The first-order valence-electron chi connectivity index (χ1n) is 6.55. The maximum Gasteiger partial charge on any atom is 0.0441 e. The van der Waals surface area contributed by atoms with E-state index in [-0.39, 0.29) is 6.04 Å². The van der Waals surface area contributed by atoms with Crippen LogP contribution in [-0.2, 0) is 6.42 Å². The Kier molecular flexibility index (Phi) is 4.28. The van der Waals surface area contributed by atoms with Crippen LogP contribution in [0.4, 0.5) is 0 Å². The molecular weight excluding hydrogens is 254 g/mol. The number of aryl methyl sites for hydroxylation is 3. The lowest BCUT2D eigenvalue weighted by atomic mass is 9.94. The first kappa shape index (κ1) is 14.1. The molecule has 2 aromatic carbocycles. The van der Waals surface area contributed by atoms with E-state index in [2.05, 4.69) is 44.2 Å². The molecule has 0 aromatic heterocycles. The Morgan fingerprint density at radius 2 is 1.63 bits per heavy atom. The number of hydrogen-bond acceptors (Lipinski definition) is 1. The second kappa shape index (κ2) is 5.77. The average Bonchev–Trinajstić information content (AvgIpc) is 2.35. The highest BCUT2D eigenvalue weighted by Gasteiger charge is 2.12. The van der Waals surface area contributed by atoms with Gasteiger partial charge in [-0.05, 0) is 55.5 Å². The van der Waals surface area contributed by atoms with Gasteiger partial charge in [-0.1, -0.05) is 47.5 Å². The highest BCUT2D eigenvalue weighted by Crippen LogP contribution is 2.25. The summed E-state index contributed by atoms with van der Waals surface area (Å²) in [4.78, 5) is 0. The largest absolute Gasteiger partial charge is 0.324 e. The summed E-state index contributed by atoms with van der Waals surface area (Å²) >= 11 is 6.28. The fourth-order valence-corrected chi connectivity index (χ4v) is 2.64. The van der Waals surface area contributed by atoms with Gasteiger partial charge in [0.15, 0.2) is 0 Å². The fraction of sp³-hybridized carbons (Fsp3) is 0.294. The molecule has 0 bridgehead atoms. The third kappa shape index (κ3) is 3.37. The zero-order valence-corrected chi connectivity index (χ0v) is 12.5. The van der Waals surface area contributed by atoms with Crippen LogP contribution in [0.3, 0.4) is 0 Å². The van der Waals surface area contributed by atoms with Gasteiger partial charge in [0.25, 0.3) is 0 Å². The second-order valence-electron chi connectivity index (χ2n) is 5.27. The Hall–Kier alpha value is -1.31. The minimum atomic E-state index is -0.0138. The van der Waals surface area contributed by atoms with Gasteiger partial charge in [-0.2, -0.15) is 0 Å². The molecule has 0 spiro atoms. The molecule has 1 atom stereocenters. The van der Waals surface area contributed by atoms with Gasteiger partial charge in [0.05, 0.1) is 0 Å². The van der Waals surface area contributed by atoms with Crippen LogP contribution in [0.25, 0.3) is 0 Å². The molecule has 2 aromatic rings. The summed E-state index contributed by atoms with van der Waals surface area (Å²) in [6.07, 6.45) is 0.767. The summed E-state index contributed by atoms with van der Waals surface area (Å²) in [7, 11) is 0. The van der Waals surface area contributed by atoms with Gasteiger partial charge in [-0.25, -0.2) is 0 Å². The second-order valence-corrected chi connectivity index (χ2v) is 5.67. The van der Waals surface area contributed by atoms with Gasteiger partial charge in [-0.15, -0.1) is 0 Å². The van der Waals surface area contributed by atoms with E-state index in [1.165, 1.54) is 22.3 Å². The van der Waals surface area contributed by atoms with Crippen LogP contribution in [0.15, 0.2) is 36.4 Å². The molecule has 2 N–H and O–H groups in total. The monoisotopic (exact) mass is 273 g/mol. The van der Waals surface area contributed by atoms with Crippen molar-refractivity contribution >= 4 is 11.6 Å². The van der Waals surface area contributed by atoms with Gasteiger partial charge in [0.1, 0.15) is 0 Å². The normalized spacial score (nSPS) is 12.5. The van der Waals surface area contributed by atoms with E-state index in [9.17, 15) is 0 Å². The van der Waals surface area contributed by atoms with Crippen LogP contribution in [0.5, 0.6) is 0 Å². The van der Waals surface area contributed by atoms with Crippen LogP contribution in [0.2, 0.25) is 5.02 Å². The summed E-state index contributed by atoms with van der Waals surface area (Å²) in [5.74, 6) is 0. The van der Waals surface area contributed by atoms with E-state index in [4.69, 9.17) is 17.3 Å². The maximum absolute atomic E-state index is 6.35. The van der Waals surface area contributed by atoms with Crippen LogP contribution < -0.4 is 5.73 Å². The predicted octanol–water partition coefficient (Wildman–Crippen LogP) is 4.51. The first-order valence-corrected chi connectivity index (χ1v) is 6.93. The molecule has 2 rings (SSSR count). The molecule has 1 nitrogen and oxygen atoms in total. The van der Waals surface area contributed by atoms with Crippen molar-refractivity contribution in [1.82, 2.24) is 0 Å². The molecule has 0 amide bonds. The summed E-state index contributed by atoms with van der Waals surface area (Å²) in [6, 6.07) is 12.5. The molecule has 2 heteroatoms. The van der Waals surface area contributed by atoms with E-state index < -0.39 is 0 Å². The van der Waals surface area contributed by atoms with E-state index in [1.54, 1.807) is 0 Å².